The van der Waals surface area contributed by atoms with Crippen LogP contribution in [0.1, 0.15) is 0 Å². The van der Waals surface area contributed by atoms with E-state index >= 15 is 0 Å². The molecule has 0 spiro atoms. The van der Waals surface area contributed by atoms with E-state index in [-0.39, 0.29) is 0 Å². The van der Waals surface area contributed by atoms with Gasteiger partial charge in [0.05, 0.1) is 34.0 Å². The number of fused-ring (bicyclic) bond motifs is 7. The van der Waals surface area contributed by atoms with Crippen molar-refractivity contribution in [1.29, 1.82) is 0 Å². The molecule has 0 aliphatic heterocycles. The van der Waals surface area contributed by atoms with Crippen molar-refractivity contribution in [2.45, 2.75) is 0 Å². The quantitative estimate of drug-likeness (QED) is 0.248. The van der Waals surface area contributed by atoms with E-state index in [4.69, 9.17) is 4.98 Å². The van der Waals surface area contributed by atoms with Gasteiger partial charge in [-0.25, -0.2) is 4.98 Å². The van der Waals surface area contributed by atoms with E-state index in [1.165, 1.54) is 43.6 Å². The molecule has 5 heteroatoms. The highest BCUT2D eigenvalue weighted by atomic mass is 32.1. The Kier molecular flexibility index (Phi) is 4.36. The van der Waals surface area contributed by atoms with Gasteiger partial charge in [0, 0.05) is 33.4 Å². The third kappa shape index (κ3) is 2.95. The second-order valence-electron chi connectivity index (χ2n) is 9.12. The van der Waals surface area contributed by atoms with Gasteiger partial charge in [-0.05, 0) is 42.5 Å². The van der Waals surface area contributed by atoms with Gasteiger partial charge < -0.3 is 4.57 Å². The SMILES string of the molecule is c1ccc(-n2c3ccccc3c3ccc4c(c5ccccc5n4-c4cnc(-c5ccccn5)s4)c32)cc1. The van der Waals surface area contributed by atoms with Crippen LogP contribution in [-0.4, -0.2) is 19.1 Å². The molecule has 8 rings (SSSR count). The average molecular weight is 493 g/mol. The van der Waals surface area contributed by atoms with Crippen LogP contribution >= 0.6 is 11.3 Å². The minimum atomic E-state index is 0.895. The number of hydrogen-bond acceptors (Lipinski definition) is 3. The lowest BCUT2D eigenvalue weighted by atomic mass is 10.1. The molecule has 4 heterocycles. The van der Waals surface area contributed by atoms with Crippen molar-refractivity contribution < 1.29 is 0 Å². The summed E-state index contributed by atoms with van der Waals surface area (Å²) in [5.41, 5.74) is 6.84. The summed E-state index contributed by atoms with van der Waals surface area (Å²) in [6.07, 6.45) is 3.79. The topological polar surface area (TPSA) is 35.6 Å². The highest BCUT2D eigenvalue weighted by molar-refractivity contribution is 7.17. The molecular weight excluding hydrogens is 472 g/mol. The molecule has 4 aromatic carbocycles. The van der Waals surface area contributed by atoms with Crippen molar-refractivity contribution in [2.24, 2.45) is 0 Å². The van der Waals surface area contributed by atoms with E-state index in [1.54, 1.807) is 11.3 Å². The Balaban J connectivity index is 1.52. The molecule has 0 N–H and O–H groups in total. The van der Waals surface area contributed by atoms with E-state index in [0.717, 1.165) is 21.4 Å². The van der Waals surface area contributed by atoms with Crippen LogP contribution in [0.2, 0.25) is 0 Å². The second-order valence-corrected chi connectivity index (χ2v) is 10.1. The first-order valence-electron chi connectivity index (χ1n) is 12.3. The fraction of sp³-hybridized carbons (Fsp3) is 0. The van der Waals surface area contributed by atoms with Crippen molar-refractivity contribution in [2.75, 3.05) is 0 Å². The van der Waals surface area contributed by atoms with E-state index in [9.17, 15) is 0 Å². The molecule has 0 radical (unpaired) electrons. The zero-order chi connectivity index (χ0) is 24.3. The van der Waals surface area contributed by atoms with Crippen LogP contribution in [0.25, 0.3) is 65.0 Å². The fourth-order valence-corrected chi connectivity index (χ4v) is 6.49. The zero-order valence-electron chi connectivity index (χ0n) is 19.7. The maximum atomic E-state index is 4.75. The maximum Gasteiger partial charge on any atom is 0.143 e. The molecule has 174 valence electrons. The normalized spacial score (nSPS) is 11.8. The Hall–Kier alpha value is -4.74. The van der Waals surface area contributed by atoms with E-state index in [0.29, 0.717) is 0 Å². The Morgan fingerprint density at radius 3 is 2.08 bits per heavy atom. The monoisotopic (exact) mass is 492 g/mol. The number of nitrogens with zero attached hydrogens (tertiary/aromatic N) is 4. The van der Waals surface area contributed by atoms with Crippen molar-refractivity contribution in [1.82, 2.24) is 19.1 Å². The lowest BCUT2D eigenvalue weighted by Crippen LogP contribution is -1.94. The van der Waals surface area contributed by atoms with Gasteiger partial charge >= 0.3 is 0 Å². The molecule has 4 aromatic heterocycles. The first kappa shape index (κ1) is 20.5. The van der Waals surface area contributed by atoms with Crippen LogP contribution in [0.5, 0.6) is 0 Å². The summed E-state index contributed by atoms with van der Waals surface area (Å²) in [5, 5.41) is 7.00. The van der Waals surface area contributed by atoms with Crippen LogP contribution in [0.15, 0.2) is 122 Å². The summed E-state index contributed by atoms with van der Waals surface area (Å²) in [6, 6.07) is 38.5. The van der Waals surface area contributed by atoms with Gasteiger partial charge in [0.2, 0.25) is 0 Å². The molecule has 0 amide bonds. The third-order valence-electron chi connectivity index (χ3n) is 7.08. The number of rotatable bonds is 3. The Morgan fingerprint density at radius 2 is 1.27 bits per heavy atom. The Bertz CT molecular complexity index is 2080. The highest BCUT2D eigenvalue weighted by Crippen LogP contribution is 2.42. The summed E-state index contributed by atoms with van der Waals surface area (Å²) in [7, 11) is 0. The second kappa shape index (κ2) is 7.88. The smallest absolute Gasteiger partial charge is 0.143 e. The van der Waals surface area contributed by atoms with E-state index in [2.05, 4.69) is 105 Å². The van der Waals surface area contributed by atoms with Gasteiger partial charge in [0.25, 0.3) is 0 Å². The number of hydrogen-bond donors (Lipinski definition) is 0. The first-order valence-corrected chi connectivity index (χ1v) is 13.1. The average Bonchev–Trinajstić information content (AvgIpc) is 3.66. The molecule has 4 nitrogen and oxygen atoms in total. The largest absolute Gasteiger partial charge is 0.309 e. The molecule has 8 aromatic rings. The molecule has 0 unspecified atom stereocenters. The van der Waals surface area contributed by atoms with Gasteiger partial charge in [-0.3, -0.25) is 9.55 Å². The molecule has 0 saturated heterocycles. The predicted octanol–water partition coefficient (Wildman–Crippen LogP) is 8.40. The third-order valence-corrected chi connectivity index (χ3v) is 8.09. The molecule has 0 aliphatic carbocycles. The van der Waals surface area contributed by atoms with Crippen LogP contribution in [0.3, 0.4) is 0 Å². The summed E-state index contributed by atoms with van der Waals surface area (Å²) < 4.78 is 4.76. The number of pyridine rings is 1. The van der Waals surface area contributed by atoms with Crippen molar-refractivity contribution in [3.05, 3.63) is 122 Å². The molecule has 0 atom stereocenters. The maximum absolute atomic E-state index is 4.75. The highest BCUT2D eigenvalue weighted by Gasteiger charge is 2.21. The van der Waals surface area contributed by atoms with Crippen LogP contribution in [-0.2, 0) is 0 Å². The van der Waals surface area contributed by atoms with Gasteiger partial charge in [-0.15, -0.1) is 0 Å². The molecule has 0 bridgehead atoms. The van der Waals surface area contributed by atoms with Gasteiger partial charge in [0.1, 0.15) is 10.0 Å². The summed E-state index contributed by atoms with van der Waals surface area (Å²) in [4.78, 5) is 9.26. The van der Waals surface area contributed by atoms with Crippen LogP contribution < -0.4 is 0 Å². The number of aromatic nitrogens is 4. The summed E-state index contributed by atoms with van der Waals surface area (Å²) in [5.74, 6) is 0. The van der Waals surface area contributed by atoms with Crippen molar-refractivity contribution >= 4 is 54.9 Å². The molecule has 0 fully saturated rings. The van der Waals surface area contributed by atoms with Gasteiger partial charge in [-0.2, -0.15) is 0 Å². The van der Waals surface area contributed by atoms with Gasteiger partial charge in [0.15, 0.2) is 0 Å². The Labute approximate surface area is 216 Å². The van der Waals surface area contributed by atoms with Crippen molar-refractivity contribution in [3.63, 3.8) is 0 Å². The van der Waals surface area contributed by atoms with Crippen molar-refractivity contribution in [3.8, 4) is 21.4 Å². The number of benzene rings is 4. The zero-order valence-corrected chi connectivity index (χ0v) is 20.6. The fourth-order valence-electron chi connectivity index (χ4n) is 5.57. The van der Waals surface area contributed by atoms with Gasteiger partial charge in [-0.1, -0.05) is 78.1 Å². The lowest BCUT2D eigenvalue weighted by molar-refractivity contribution is 1.18. The molecule has 37 heavy (non-hydrogen) atoms. The van der Waals surface area contributed by atoms with E-state index < -0.39 is 0 Å². The summed E-state index contributed by atoms with van der Waals surface area (Å²) >= 11 is 1.67. The predicted molar refractivity (Wildman–Crippen MR) is 154 cm³/mol. The minimum absolute atomic E-state index is 0.895. The van der Waals surface area contributed by atoms with E-state index in [1.807, 2.05) is 30.6 Å². The molecule has 0 aliphatic rings. The molecular formula is C32H20N4S. The first-order chi connectivity index (χ1) is 18.4. The Morgan fingerprint density at radius 1 is 0.541 bits per heavy atom. The number of para-hydroxylation sites is 3. The molecule has 0 saturated carbocycles. The minimum Gasteiger partial charge on any atom is -0.309 e. The lowest BCUT2D eigenvalue weighted by Gasteiger charge is -2.09. The number of thiazole rings is 1. The van der Waals surface area contributed by atoms with Crippen LogP contribution in [0, 0.1) is 0 Å². The summed E-state index contributed by atoms with van der Waals surface area (Å²) in [6.45, 7) is 0. The van der Waals surface area contributed by atoms with Crippen LogP contribution in [0.4, 0.5) is 0 Å². The standard InChI is InChI=1S/C32H20N4S/c1-2-10-21(11-3-1)35-26-15-6-4-12-22(26)23-17-18-28-30(31(23)35)24-13-5-7-16-27(24)36(28)29-20-34-32(37-29)25-14-8-9-19-33-25/h1-20H.